The van der Waals surface area contributed by atoms with E-state index in [9.17, 15) is 4.79 Å². The average molecular weight is 210 g/mol. The zero-order valence-electron chi connectivity index (χ0n) is 9.43. The fourth-order valence-corrected chi connectivity index (χ4v) is 2.42. The van der Waals surface area contributed by atoms with E-state index in [0.717, 1.165) is 25.3 Å². The number of nitrogens with one attached hydrogen (secondary N) is 2. The molecule has 2 fully saturated rings. The second-order valence-electron chi connectivity index (χ2n) is 4.99. The van der Waals surface area contributed by atoms with Gasteiger partial charge < -0.3 is 10.6 Å². The molecule has 0 radical (unpaired) electrons. The van der Waals surface area contributed by atoms with Gasteiger partial charge in [0, 0.05) is 12.6 Å². The van der Waals surface area contributed by atoms with Gasteiger partial charge in [-0.25, -0.2) is 4.79 Å². The minimum atomic E-state index is 0.0498. The number of rotatable bonds is 3. The molecule has 2 amide bonds. The van der Waals surface area contributed by atoms with Crippen LogP contribution in [0.15, 0.2) is 0 Å². The lowest BCUT2D eigenvalue weighted by atomic mass is 9.85. The van der Waals surface area contributed by atoms with Gasteiger partial charge in [0.2, 0.25) is 0 Å². The van der Waals surface area contributed by atoms with Gasteiger partial charge in [0.1, 0.15) is 0 Å². The van der Waals surface area contributed by atoms with Crippen molar-refractivity contribution < 1.29 is 4.79 Å². The fraction of sp³-hybridized carbons (Fsp3) is 0.917. The number of carbonyl (C=O) groups excluding carboxylic acids is 1. The topological polar surface area (TPSA) is 41.1 Å². The van der Waals surface area contributed by atoms with Gasteiger partial charge in [0.15, 0.2) is 0 Å². The van der Waals surface area contributed by atoms with E-state index in [1.165, 1.54) is 38.5 Å². The van der Waals surface area contributed by atoms with E-state index < -0.39 is 0 Å². The van der Waals surface area contributed by atoms with Gasteiger partial charge in [-0.05, 0) is 31.6 Å². The van der Waals surface area contributed by atoms with E-state index in [-0.39, 0.29) is 6.03 Å². The number of hydrogen-bond acceptors (Lipinski definition) is 1. The van der Waals surface area contributed by atoms with Crippen LogP contribution in [0.2, 0.25) is 0 Å². The molecule has 0 aromatic rings. The lowest BCUT2D eigenvalue weighted by Crippen LogP contribution is -2.44. The summed E-state index contributed by atoms with van der Waals surface area (Å²) < 4.78 is 0. The molecule has 0 bridgehead atoms. The lowest BCUT2D eigenvalue weighted by Gasteiger charge is -2.27. The van der Waals surface area contributed by atoms with Crippen LogP contribution in [0.1, 0.15) is 51.4 Å². The molecule has 2 saturated carbocycles. The first-order chi connectivity index (χ1) is 7.34. The monoisotopic (exact) mass is 210 g/mol. The summed E-state index contributed by atoms with van der Waals surface area (Å²) in [6.07, 6.45) is 10.1. The normalized spacial score (nSPS) is 23.2. The van der Waals surface area contributed by atoms with Crippen molar-refractivity contribution >= 4 is 6.03 Å². The molecule has 0 aromatic carbocycles. The highest BCUT2D eigenvalue weighted by molar-refractivity contribution is 5.74. The highest BCUT2D eigenvalue weighted by Gasteiger charge is 2.19. The summed E-state index contributed by atoms with van der Waals surface area (Å²) in [5.74, 6) is 0.752. The molecule has 0 aromatic heterocycles. The maximum absolute atomic E-state index is 11.5. The molecule has 0 aliphatic heterocycles. The Hall–Kier alpha value is -0.730. The van der Waals surface area contributed by atoms with Crippen LogP contribution in [-0.4, -0.2) is 18.6 Å². The standard InChI is InChI=1S/C12H22N2O/c15-12(13-9-10-5-4-6-10)14-11-7-2-1-3-8-11/h10-11H,1-9H2,(H2,13,14,15). The quantitative estimate of drug-likeness (QED) is 0.738. The first-order valence-corrected chi connectivity index (χ1v) is 6.39. The van der Waals surface area contributed by atoms with Gasteiger partial charge in [-0.15, -0.1) is 0 Å². The summed E-state index contributed by atoms with van der Waals surface area (Å²) >= 11 is 0. The van der Waals surface area contributed by atoms with E-state index >= 15 is 0 Å². The first kappa shape index (κ1) is 10.8. The molecular formula is C12H22N2O. The van der Waals surface area contributed by atoms with Gasteiger partial charge in [-0.1, -0.05) is 25.7 Å². The molecule has 0 saturated heterocycles. The Balaban J connectivity index is 1.58. The zero-order chi connectivity index (χ0) is 10.5. The minimum absolute atomic E-state index is 0.0498. The molecule has 0 heterocycles. The molecule has 2 aliphatic carbocycles. The summed E-state index contributed by atoms with van der Waals surface area (Å²) in [4.78, 5) is 11.5. The third-order valence-corrected chi connectivity index (χ3v) is 3.72. The zero-order valence-corrected chi connectivity index (χ0v) is 9.43. The molecular weight excluding hydrogens is 188 g/mol. The largest absolute Gasteiger partial charge is 0.338 e. The van der Waals surface area contributed by atoms with E-state index in [4.69, 9.17) is 0 Å². The third-order valence-electron chi connectivity index (χ3n) is 3.72. The van der Waals surface area contributed by atoms with Crippen molar-refractivity contribution in [3.8, 4) is 0 Å². The van der Waals surface area contributed by atoms with Crippen LogP contribution < -0.4 is 10.6 Å². The Labute approximate surface area is 92.0 Å². The van der Waals surface area contributed by atoms with Crippen LogP contribution in [0.4, 0.5) is 4.79 Å². The summed E-state index contributed by atoms with van der Waals surface area (Å²) in [6, 6.07) is 0.481. The summed E-state index contributed by atoms with van der Waals surface area (Å²) in [6.45, 7) is 0.874. The highest BCUT2D eigenvalue weighted by Crippen LogP contribution is 2.25. The Morgan fingerprint density at radius 3 is 2.33 bits per heavy atom. The van der Waals surface area contributed by atoms with Crippen molar-refractivity contribution in [3.63, 3.8) is 0 Å². The van der Waals surface area contributed by atoms with Crippen LogP contribution in [-0.2, 0) is 0 Å². The maximum Gasteiger partial charge on any atom is 0.315 e. The molecule has 0 spiro atoms. The first-order valence-electron chi connectivity index (χ1n) is 6.39. The van der Waals surface area contributed by atoms with Gasteiger partial charge in [0.25, 0.3) is 0 Å². The molecule has 2 rings (SSSR count). The number of amides is 2. The molecule has 3 nitrogen and oxygen atoms in total. The van der Waals surface area contributed by atoms with Crippen LogP contribution in [0.3, 0.4) is 0 Å². The fourth-order valence-electron chi connectivity index (χ4n) is 2.42. The van der Waals surface area contributed by atoms with Crippen LogP contribution in [0.5, 0.6) is 0 Å². The smallest absolute Gasteiger partial charge is 0.315 e. The molecule has 15 heavy (non-hydrogen) atoms. The van der Waals surface area contributed by atoms with Crippen molar-refractivity contribution in [1.29, 1.82) is 0 Å². The van der Waals surface area contributed by atoms with E-state index in [1.54, 1.807) is 0 Å². The van der Waals surface area contributed by atoms with Crippen molar-refractivity contribution in [2.75, 3.05) is 6.54 Å². The minimum Gasteiger partial charge on any atom is -0.338 e. The van der Waals surface area contributed by atoms with Crippen LogP contribution in [0.25, 0.3) is 0 Å². The Bertz CT molecular complexity index is 208. The average Bonchev–Trinajstić information content (AvgIpc) is 2.17. The molecule has 0 unspecified atom stereocenters. The van der Waals surface area contributed by atoms with Gasteiger partial charge in [-0.2, -0.15) is 0 Å². The predicted molar refractivity (Wildman–Crippen MR) is 60.7 cm³/mol. The number of hydrogen-bond donors (Lipinski definition) is 2. The number of carbonyl (C=O) groups is 1. The highest BCUT2D eigenvalue weighted by atomic mass is 16.2. The van der Waals surface area contributed by atoms with Crippen molar-refractivity contribution in [2.45, 2.75) is 57.4 Å². The Morgan fingerprint density at radius 2 is 1.73 bits per heavy atom. The molecule has 3 heteroatoms. The second kappa shape index (κ2) is 5.38. The van der Waals surface area contributed by atoms with Crippen molar-refractivity contribution in [1.82, 2.24) is 10.6 Å². The molecule has 2 N–H and O–H groups in total. The summed E-state index contributed by atoms with van der Waals surface area (Å²) in [5.41, 5.74) is 0. The Kier molecular flexibility index (Phi) is 3.87. The Morgan fingerprint density at radius 1 is 1.00 bits per heavy atom. The SMILES string of the molecule is O=C(NCC1CCC1)NC1CCCCC1. The van der Waals surface area contributed by atoms with Crippen LogP contribution in [0, 0.1) is 5.92 Å². The van der Waals surface area contributed by atoms with Gasteiger partial charge in [-0.3, -0.25) is 0 Å². The summed E-state index contributed by atoms with van der Waals surface area (Å²) in [7, 11) is 0. The second-order valence-corrected chi connectivity index (χ2v) is 4.99. The van der Waals surface area contributed by atoms with E-state index in [1.807, 2.05) is 0 Å². The van der Waals surface area contributed by atoms with E-state index in [0.29, 0.717) is 6.04 Å². The summed E-state index contributed by atoms with van der Waals surface area (Å²) in [5, 5.41) is 6.05. The van der Waals surface area contributed by atoms with Gasteiger partial charge >= 0.3 is 6.03 Å². The molecule has 2 aliphatic rings. The third kappa shape index (κ3) is 3.40. The van der Waals surface area contributed by atoms with Crippen LogP contribution >= 0.6 is 0 Å². The maximum atomic E-state index is 11.5. The predicted octanol–water partition coefficient (Wildman–Crippen LogP) is 2.42. The number of urea groups is 1. The van der Waals surface area contributed by atoms with Gasteiger partial charge in [0.05, 0.1) is 0 Å². The van der Waals surface area contributed by atoms with E-state index in [2.05, 4.69) is 10.6 Å². The molecule has 86 valence electrons. The van der Waals surface area contributed by atoms with Crippen molar-refractivity contribution in [2.24, 2.45) is 5.92 Å². The molecule has 0 atom stereocenters. The lowest BCUT2D eigenvalue weighted by molar-refractivity contribution is 0.225. The van der Waals surface area contributed by atoms with Crippen molar-refractivity contribution in [3.05, 3.63) is 0 Å².